The average Bonchev–Trinajstić information content (AvgIpc) is 2.95. The van der Waals surface area contributed by atoms with Gasteiger partial charge in [-0.3, -0.25) is 4.79 Å². The maximum atomic E-state index is 11.8. The fourth-order valence-electron chi connectivity index (χ4n) is 1.72. The summed E-state index contributed by atoms with van der Waals surface area (Å²) in [6, 6.07) is 0. The first-order valence-corrected chi connectivity index (χ1v) is 6.81. The van der Waals surface area contributed by atoms with Crippen molar-refractivity contribution in [1.29, 1.82) is 0 Å². The highest BCUT2D eigenvalue weighted by atomic mass is 32.1. The Morgan fingerprint density at radius 2 is 2.24 bits per heavy atom. The van der Waals surface area contributed by atoms with Gasteiger partial charge in [0.05, 0.1) is 13.2 Å². The number of hydrogen-bond acceptors (Lipinski definition) is 5. The van der Waals surface area contributed by atoms with E-state index in [0.29, 0.717) is 30.3 Å². The van der Waals surface area contributed by atoms with E-state index in [-0.39, 0.29) is 5.78 Å². The number of unbranched alkanes of at least 4 members (excludes halogenated alkanes) is 1. The van der Waals surface area contributed by atoms with E-state index in [9.17, 15) is 4.79 Å². The standard InChI is InChI=1S/C12H17NO3S/c1-3-4-5-9(14)11-13-10(8-17-11)12(2)15-6-7-16-12/h8H,3-7H2,1-2H3. The zero-order valence-corrected chi connectivity index (χ0v) is 11.0. The van der Waals surface area contributed by atoms with E-state index < -0.39 is 5.79 Å². The van der Waals surface area contributed by atoms with Crippen LogP contribution in [0, 0.1) is 0 Å². The van der Waals surface area contributed by atoms with Gasteiger partial charge in [-0.05, 0) is 13.3 Å². The molecular weight excluding hydrogens is 238 g/mol. The van der Waals surface area contributed by atoms with Gasteiger partial charge in [0.2, 0.25) is 5.79 Å². The topological polar surface area (TPSA) is 48.4 Å². The van der Waals surface area contributed by atoms with Crippen molar-refractivity contribution in [1.82, 2.24) is 4.98 Å². The number of hydrogen-bond donors (Lipinski definition) is 0. The Kier molecular flexibility index (Phi) is 3.91. The molecule has 1 aromatic heterocycles. The van der Waals surface area contributed by atoms with Gasteiger partial charge >= 0.3 is 0 Å². The molecule has 0 radical (unpaired) electrons. The number of carbonyl (C=O) groups is 1. The number of nitrogens with zero attached hydrogens (tertiary/aromatic N) is 1. The SMILES string of the molecule is CCCCC(=O)c1nc(C2(C)OCCO2)cs1. The summed E-state index contributed by atoms with van der Waals surface area (Å²) >= 11 is 1.37. The third kappa shape index (κ3) is 2.73. The van der Waals surface area contributed by atoms with Crippen LogP contribution in [0.25, 0.3) is 0 Å². The van der Waals surface area contributed by atoms with Crippen molar-refractivity contribution in [2.45, 2.75) is 38.9 Å². The van der Waals surface area contributed by atoms with E-state index in [1.807, 2.05) is 12.3 Å². The van der Waals surface area contributed by atoms with Crippen LogP contribution in [0.15, 0.2) is 5.38 Å². The maximum Gasteiger partial charge on any atom is 0.210 e. The zero-order valence-electron chi connectivity index (χ0n) is 10.2. The minimum absolute atomic E-state index is 0.115. The van der Waals surface area contributed by atoms with Gasteiger partial charge in [0, 0.05) is 11.8 Å². The van der Waals surface area contributed by atoms with E-state index in [4.69, 9.17) is 9.47 Å². The molecular formula is C12H17NO3S. The van der Waals surface area contributed by atoms with E-state index >= 15 is 0 Å². The quantitative estimate of drug-likeness (QED) is 0.759. The number of aromatic nitrogens is 1. The predicted octanol–water partition coefficient (Wildman–Crippen LogP) is 2.74. The molecule has 1 saturated heterocycles. The highest BCUT2D eigenvalue weighted by Crippen LogP contribution is 2.31. The minimum atomic E-state index is -0.764. The first-order valence-electron chi connectivity index (χ1n) is 5.93. The van der Waals surface area contributed by atoms with Gasteiger partial charge in [0.15, 0.2) is 10.8 Å². The minimum Gasteiger partial charge on any atom is -0.342 e. The smallest absolute Gasteiger partial charge is 0.210 e. The Morgan fingerprint density at radius 3 is 2.88 bits per heavy atom. The predicted molar refractivity (Wildman–Crippen MR) is 65.2 cm³/mol. The molecule has 2 heterocycles. The van der Waals surface area contributed by atoms with Crippen molar-refractivity contribution in [2.24, 2.45) is 0 Å². The molecule has 5 heteroatoms. The average molecular weight is 255 g/mol. The zero-order chi connectivity index (χ0) is 12.3. The second kappa shape index (κ2) is 5.25. The summed E-state index contributed by atoms with van der Waals surface area (Å²) < 4.78 is 11.0. The Balaban J connectivity index is 2.07. The Hall–Kier alpha value is -0.780. The monoisotopic (exact) mass is 255 g/mol. The third-order valence-electron chi connectivity index (χ3n) is 2.80. The molecule has 0 N–H and O–H groups in total. The molecule has 0 amide bonds. The molecule has 0 unspecified atom stereocenters. The first kappa shape index (κ1) is 12.7. The molecule has 1 aliphatic rings. The van der Waals surface area contributed by atoms with Crippen molar-refractivity contribution in [3.63, 3.8) is 0 Å². The number of ketones is 1. The van der Waals surface area contributed by atoms with Crippen molar-refractivity contribution in [3.05, 3.63) is 16.1 Å². The van der Waals surface area contributed by atoms with Crippen LogP contribution in [0.4, 0.5) is 0 Å². The molecule has 1 fully saturated rings. The highest BCUT2D eigenvalue weighted by molar-refractivity contribution is 7.11. The molecule has 4 nitrogen and oxygen atoms in total. The van der Waals surface area contributed by atoms with E-state index in [2.05, 4.69) is 11.9 Å². The summed E-state index contributed by atoms with van der Waals surface area (Å²) in [5.74, 6) is -0.649. The van der Waals surface area contributed by atoms with Gasteiger partial charge in [-0.1, -0.05) is 13.3 Å². The van der Waals surface area contributed by atoms with Gasteiger partial charge in [0.1, 0.15) is 5.69 Å². The molecule has 17 heavy (non-hydrogen) atoms. The fraction of sp³-hybridized carbons (Fsp3) is 0.667. The normalized spacial score (nSPS) is 18.5. The molecule has 0 saturated carbocycles. The summed E-state index contributed by atoms with van der Waals surface area (Å²) in [6.45, 7) is 5.07. The van der Waals surface area contributed by atoms with Crippen LogP contribution in [-0.2, 0) is 15.3 Å². The number of ether oxygens (including phenoxy) is 2. The van der Waals surface area contributed by atoms with Gasteiger partial charge < -0.3 is 9.47 Å². The van der Waals surface area contributed by atoms with Crippen LogP contribution >= 0.6 is 11.3 Å². The summed E-state index contributed by atoms with van der Waals surface area (Å²) in [4.78, 5) is 16.1. The van der Waals surface area contributed by atoms with Crippen LogP contribution in [0.2, 0.25) is 0 Å². The first-order chi connectivity index (χ1) is 8.15. The molecule has 0 spiro atoms. The molecule has 0 aliphatic carbocycles. The van der Waals surface area contributed by atoms with Crippen molar-refractivity contribution >= 4 is 17.1 Å². The number of Topliss-reactive ketones (excluding diaryl/α,β-unsaturated/α-hetero) is 1. The van der Waals surface area contributed by atoms with Crippen molar-refractivity contribution < 1.29 is 14.3 Å². The van der Waals surface area contributed by atoms with Crippen LogP contribution < -0.4 is 0 Å². The molecule has 1 aliphatic heterocycles. The largest absolute Gasteiger partial charge is 0.342 e. The van der Waals surface area contributed by atoms with Crippen molar-refractivity contribution in [2.75, 3.05) is 13.2 Å². The second-order valence-electron chi connectivity index (χ2n) is 4.21. The highest BCUT2D eigenvalue weighted by Gasteiger charge is 2.35. The van der Waals surface area contributed by atoms with Gasteiger partial charge in [0.25, 0.3) is 0 Å². The fourth-order valence-corrected chi connectivity index (χ4v) is 2.59. The maximum absolute atomic E-state index is 11.8. The van der Waals surface area contributed by atoms with Crippen LogP contribution in [0.1, 0.15) is 48.6 Å². The molecule has 0 atom stereocenters. The molecule has 0 bridgehead atoms. The van der Waals surface area contributed by atoms with Crippen LogP contribution in [-0.4, -0.2) is 24.0 Å². The van der Waals surface area contributed by atoms with Gasteiger partial charge in [-0.25, -0.2) is 4.98 Å². The number of carbonyl (C=O) groups excluding carboxylic acids is 1. The molecule has 1 aromatic rings. The van der Waals surface area contributed by atoms with Crippen LogP contribution in [0.5, 0.6) is 0 Å². The lowest BCUT2D eigenvalue weighted by molar-refractivity contribution is -0.152. The van der Waals surface area contributed by atoms with Gasteiger partial charge in [-0.15, -0.1) is 11.3 Å². The summed E-state index contributed by atoms with van der Waals surface area (Å²) in [5, 5.41) is 2.42. The molecule has 0 aromatic carbocycles. The number of rotatable bonds is 5. The summed E-state index contributed by atoms with van der Waals surface area (Å²) in [7, 11) is 0. The van der Waals surface area contributed by atoms with Crippen LogP contribution in [0.3, 0.4) is 0 Å². The number of thiazole rings is 1. The molecule has 94 valence electrons. The lowest BCUT2D eigenvalue weighted by Crippen LogP contribution is -2.23. The van der Waals surface area contributed by atoms with Gasteiger partial charge in [-0.2, -0.15) is 0 Å². The second-order valence-corrected chi connectivity index (χ2v) is 5.07. The summed E-state index contributed by atoms with van der Waals surface area (Å²) in [6.07, 6.45) is 2.51. The Morgan fingerprint density at radius 1 is 1.53 bits per heavy atom. The third-order valence-corrected chi connectivity index (χ3v) is 3.69. The van der Waals surface area contributed by atoms with E-state index in [1.165, 1.54) is 11.3 Å². The molecule has 2 rings (SSSR count). The van der Waals surface area contributed by atoms with E-state index in [1.54, 1.807) is 0 Å². The van der Waals surface area contributed by atoms with E-state index in [0.717, 1.165) is 12.8 Å². The Labute approximate surface area is 105 Å². The van der Waals surface area contributed by atoms with Crippen molar-refractivity contribution in [3.8, 4) is 0 Å². The summed E-state index contributed by atoms with van der Waals surface area (Å²) in [5.41, 5.74) is 0.708. The lowest BCUT2D eigenvalue weighted by atomic mass is 10.2. The lowest BCUT2D eigenvalue weighted by Gasteiger charge is -2.19. The Bertz CT molecular complexity index is 396.